The molecule has 0 unspecified atom stereocenters. The lowest BCUT2D eigenvalue weighted by Gasteiger charge is -2.11. The number of furan rings is 1. The van der Waals surface area contributed by atoms with Crippen molar-refractivity contribution in [2.45, 2.75) is 6.92 Å². The molecule has 1 heterocycles. The van der Waals surface area contributed by atoms with Gasteiger partial charge in [0.15, 0.2) is 5.58 Å². The molecule has 0 radical (unpaired) electrons. The van der Waals surface area contributed by atoms with Gasteiger partial charge in [0.1, 0.15) is 5.58 Å². The van der Waals surface area contributed by atoms with Gasteiger partial charge in [0, 0.05) is 21.8 Å². The lowest BCUT2D eigenvalue weighted by molar-refractivity contribution is 0.670. The fourth-order valence-electron chi connectivity index (χ4n) is 3.51. The first-order chi connectivity index (χ1) is 12.3. The molecule has 5 rings (SSSR count). The van der Waals surface area contributed by atoms with Gasteiger partial charge in [-0.3, -0.25) is 0 Å². The topological polar surface area (TPSA) is 25.2 Å². The summed E-state index contributed by atoms with van der Waals surface area (Å²) < 4.78 is 6.23. The molecule has 0 saturated carbocycles. The zero-order chi connectivity index (χ0) is 16.8. The minimum Gasteiger partial charge on any atom is -0.454 e. The fourth-order valence-corrected chi connectivity index (χ4v) is 3.51. The molecule has 2 heteroatoms. The average molecular weight is 323 g/mol. The molecule has 0 atom stereocenters. The van der Waals surface area contributed by atoms with E-state index in [1.807, 2.05) is 12.1 Å². The maximum atomic E-state index is 6.23. The number of fused-ring (bicyclic) bond motifs is 4. The molecule has 1 N–H and O–H groups in total. The number of anilines is 2. The number of rotatable bonds is 2. The van der Waals surface area contributed by atoms with Gasteiger partial charge in [-0.2, -0.15) is 0 Å². The predicted molar refractivity (Wildman–Crippen MR) is 106 cm³/mol. The Morgan fingerprint density at radius 1 is 0.720 bits per heavy atom. The second-order valence-electron chi connectivity index (χ2n) is 6.44. The Balaban J connectivity index is 1.86. The third kappa shape index (κ3) is 2.26. The smallest absolute Gasteiger partial charge is 0.159 e. The lowest BCUT2D eigenvalue weighted by atomic mass is 10.0. The fraction of sp³-hybridized carbons (Fsp3) is 0.0435. The molecular formula is C23H17NO. The van der Waals surface area contributed by atoms with Crippen LogP contribution in [0.25, 0.3) is 32.7 Å². The van der Waals surface area contributed by atoms with E-state index < -0.39 is 0 Å². The van der Waals surface area contributed by atoms with E-state index in [0.29, 0.717) is 0 Å². The molecule has 25 heavy (non-hydrogen) atoms. The number of benzene rings is 4. The first kappa shape index (κ1) is 14.1. The monoisotopic (exact) mass is 323 g/mol. The summed E-state index contributed by atoms with van der Waals surface area (Å²) in [4.78, 5) is 0. The van der Waals surface area contributed by atoms with Gasteiger partial charge in [0.25, 0.3) is 0 Å². The number of nitrogens with one attached hydrogen (secondary N) is 1. The highest BCUT2D eigenvalue weighted by Crippen LogP contribution is 2.40. The Morgan fingerprint density at radius 2 is 1.52 bits per heavy atom. The van der Waals surface area contributed by atoms with Gasteiger partial charge in [0.05, 0.1) is 5.69 Å². The molecule has 0 amide bonds. The number of para-hydroxylation sites is 1. The summed E-state index contributed by atoms with van der Waals surface area (Å²) in [7, 11) is 0. The third-order valence-electron chi connectivity index (χ3n) is 4.68. The quantitative estimate of drug-likeness (QED) is 0.387. The highest BCUT2D eigenvalue weighted by Gasteiger charge is 2.14. The van der Waals surface area contributed by atoms with E-state index in [0.717, 1.165) is 38.7 Å². The molecule has 0 aliphatic heterocycles. The van der Waals surface area contributed by atoms with Crippen LogP contribution in [0.3, 0.4) is 0 Å². The standard InChI is InChI=1S/C23H17NO/c1-15-7-6-9-17(13-15)24-22-18-10-3-2-8-16(18)14-20-19-11-4-5-12-21(19)25-23(20)22/h2-14,24H,1H3. The lowest BCUT2D eigenvalue weighted by Crippen LogP contribution is -1.93. The Bertz CT molecular complexity index is 1230. The van der Waals surface area contributed by atoms with Crippen molar-refractivity contribution in [3.63, 3.8) is 0 Å². The SMILES string of the molecule is Cc1cccc(Nc2c3ccccc3cc3c2oc2ccccc23)c1. The summed E-state index contributed by atoms with van der Waals surface area (Å²) in [6.45, 7) is 2.10. The third-order valence-corrected chi connectivity index (χ3v) is 4.68. The summed E-state index contributed by atoms with van der Waals surface area (Å²) in [5, 5.41) is 8.26. The summed E-state index contributed by atoms with van der Waals surface area (Å²) in [6, 6.07) is 27.3. The average Bonchev–Trinajstić information content (AvgIpc) is 3.00. The molecule has 5 aromatic rings. The Hall–Kier alpha value is -3.26. The van der Waals surface area contributed by atoms with E-state index in [2.05, 4.69) is 79.0 Å². The molecule has 1 aromatic heterocycles. The molecule has 0 aliphatic rings. The molecule has 2 nitrogen and oxygen atoms in total. The maximum Gasteiger partial charge on any atom is 0.159 e. The Labute approximate surface area is 145 Å². The number of hydrogen-bond donors (Lipinski definition) is 1. The summed E-state index contributed by atoms with van der Waals surface area (Å²) in [6.07, 6.45) is 0. The Kier molecular flexibility index (Phi) is 3.04. The normalized spacial score (nSPS) is 11.4. The maximum absolute atomic E-state index is 6.23. The van der Waals surface area contributed by atoms with Gasteiger partial charge in [-0.1, -0.05) is 54.6 Å². The molecule has 120 valence electrons. The summed E-state index contributed by atoms with van der Waals surface area (Å²) in [5.74, 6) is 0. The van der Waals surface area contributed by atoms with Crippen molar-refractivity contribution in [3.05, 3.63) is 84.4 Å². The molecule has 0 aliphatic carbocycles. The molecule has 4 aromatic carbocycles. The predicted octanol–water partition coefficient (Wildman–Crippen LogP) is 6.79. The highest BCUT2D eigenvalue weighted by atomic mass is 16.3. The van der Waals surface area contributed by atoms with Crippen molar-refractivity contribution in [2.24, 2.45) is 0 Å². The van der Waals surface area contributed by atoms with Gasteiger partial charge >= 0.3 is 0 Å². The van der Waals surface area contributed by atoms with Crippen LogP contribution in [0.4, 0.5) is 11.4 Å². The number of aryl methyl sites for hydroxylation is 1. The molecule has 0 spiro atoms. The van der Waals surface area contributed by atoms with Gasteiger partial charge in [-0.05, 0) is 42.1 Å². The van der Waals surface area contributed by atoms with Gasteiger partial charge in [-0.15, -0.1) is 0 Å². The van der Waals surface area contributed by atoms with Crippen molar-refractivity contribution >= 4 is 44.1 Å². The Morgan fingerprint density at radius 3 is 2.40 bits per heavy atom. The van der Waals surface area contributed by atoms with E-state index in [1.54, 1.807) is 0 Å². The van der Waals surface area contributed by atoms with Gasteiger partial charge < -0.3 is 9.73 Å². The summed E-state index contributed by atoms with van der Waals surface area (Å²) >= 11 is 0. The molecular weight excluding hydrogens is 306 g/mol. The second kappa shape index (κ2) is 5.38. The van der Waals surface area contributed by atoms with Crippen LogP contribution in [-0.4, -0.2) is 0 Å². The van der Waals surface area contributed by atoms with Gasteiger partial charge in [-0.25, -0.2) is 0 Å². The minimum atomic E-state index is 0.904. The number of hydrogen-bond acceptors (Lipinski definition) is 2. The van der Waals surface area contributed by atoms with Crippen molar-refractivity contribution in [3.8, 4) is 0 Å². The van der Waals surface area contributed by atoms with Crippen LogP contribution in [0.15, 0.2) is 83.3 Å². The molecule has 0 bridgehead atoms. The van der Waals surface area contributed by atoms with Crippen molar-refractivity contribution < 1.29 is 4.42 Å². The second-order valence-corrected chi connectivity index (χ2v) is 6.44. The van der Waals surface area contributed by atoms with E-state index in [1.165, 1.54) is 10.9 Å². The molecule has 0 saturated heterocycles. The first-order valence-corrected chi connectivity index (χ1v) is 8.46. The van der Waals surface area contributed by atoms with Gasteiger partial charge in [0.2, 0.25) is 0 Å². The van der Waals surface area contributed by atoms with Crippen LogP contribution < -0.4 is 5.32 Å². The van der Waals surface area contributed by atoms with E-state index in [9.17, 15) is 0 Å². The van der Waals surface area contributed by atoms with E-state index in [-0.39, 0.29) is 0 Å². The van der Waals surface area contributed by atoms with E-state index >= 15 is 0 Å². The zero-order valence-electron chi connectivity index (χ0n) is 13.9. The van der Waals surface area contributed by atoms with Crippen LogP contribution in [-0.2, 0) is 0 Å². The van der Waals surface area contributed by atoms with Crippen molar-refractivity contribution in [2.75, 3.05) is 5.32 Å². The van der Waals surface area contributed by atoms with Crippen LogP contribution in [0.1, 0.15) is 5.56 Å². The zero-order valence-corrected chi connectivity index (χ0v) is 13.9. The largest absolute Gasteiger partial charge is 0.454 e. The van der Waals surface area contributed by atoms with Crippen LogP contribution in [0, 0.1) is 6.92 Å². The van der Waals surface area contributed by atoms with E-state index in [4.69, 9.17) is 4.42 Å². The minimum absolute atomic E-state index is 0.904. The van der Waals surface area contributed by atoms with Crippen LogP contribution in [0.5, 0.6) is 0 Å². The van der Waals surface area contributed by atoms with Crippen LogP contribution >= 0.6 is 0 Å². The van der Waals surface area contributed by atoms with Crippen molar-refractivity contribution in [1.29, 1.82) is 0 Å². The molecule has 0 fully saturated rings. The summed E-state index contributed by atoms with van der Waals surface area (Å²) in [5.41, 5.74) is 5.14. The highest BCUT2D eigenvalue weighted by molar-refractivity contribution is 6.17. The van der Waals surface area contributed by atoms with Crippen LogP contribution in [0.2, 0.25) is 0 Å². The first-order valence-electron chi connectivity index (χ1n) is 8.46. The van der Waals surface area contributed by atoms with Crippen molar-refractivity contribution in [1.82, 2.24) is 0 Å².